The molecule has 1 heterocycles. The number of aryl methyl sites for hydroxylation is 1. The first-order chi connectivity index (χ1) is 9.98. The standard InChI is InChI=1S/C16H25N3O3/c1-11-7-18-12(8-17-11)14(21)22-9-13(20)19-16(5,6)10-15(2,3)4/h7-8H,9-10H2,1-6H3,(H,19,20). The van der Waals surface area contributed by atoms with Crippen molar-refractivity contribution in [2.75, 3.05) is 6.61 Å². The fourth-order valence-electron chi connectivity index (χ4n) is 2.49. The Morgan fingerprint density at radius 1 is 1.14 bits per heavy atom. The van der Waals surface area contributed by atoms with Gasteiger partial charge in [0.25, 0.3) is 5.91 Å². The molecule has 22 heavy (non-hydrogen) atoms. The molecule has 0 radical (unpaired) electrons. The molecule has 0 atom stereocenters. The molecular formula is C16H25N3O3. The van der Waals surface area contributed by atoms with E-state index in [1.165, 1.54) is 12.4 Å². The second-order valence-electron chi connectivity index (χ2n) is 7.29. The first-order valence-electron chi connectivity index (χ1n) is 7.25. The molecule has 0 fully saturated rings. The molecular weight excluding hydrogens is 282 g/mol. The summed E-state index contributed by atoms with van der Waals surface area (Å²) in [4.78, 5) is 31.5. The van der Waals surface area contributed by atoms with Crippen LogP contribution in [0.3, 0.4) is 0 Å². The maximum absolute atomic E-state index is 11.9. The zero-order valence-corrected chi connectivity index (χ0v) is 14.2. The fourth-order valence-corrected chi connectivity index (χ4v) is 2.49. The number of esters is 1. The van der Waals surface area contributed by atoms with Crippen molar-refractivity contribution in [2.24, 2.45) is 5.41 Å². The normalized spacial score (nSPS) is 11.9. The lowest BCUT2D eigenvalue weighted by molar-refractivity contribution is -0.126. The second-order valence-corrected chi connectivity index (χ2v) is 7.29. The van der Waals surface area contributed by atoms with Crippen LogP contribution in [0.15, 0.2) is 12.4 Å². The van der Waals surface area contributed by atoms with Crippen LogP contribution in [0.5, 0.6) is 0 Å². The van der Waals surface area contributed by atoms with Gasteiger partial charge in [0, 0.05) is 11.7 Å². The summed E-state index contributed by atoms with van der Waals surface area (Å²) in [7, 11) is 0. The number of nitrogens with one attached hydrogen (secondary N) is 1. The van der Waals surface area contributed by atoms with Crippen LogP contribution in [0.4, 0.5) is 0 Å². The van der Waals surface area contributed by atoms with Crippen LogP contribution in [0.25, 0.3) is 0 Å². The van der Waals surface area contributed by atoms with Gasteiger partial charge in [0.2, 0.25) is 0 Å². The Bertz CT molecular complexity index is 531. The van der Waals surface area contributed by atoms with E-state index in [0.29, 0.717) is 5.69 Å². The molecule has 0 aliphatic heterocycles. The lowest BCUT2D eigenvalue weighted by Gasteiger charge is -2.33. The Labute approximate surface area is 131 Å². The van der Waals surface area contributed by atoms with Crippen molar-refractivity contribution in [3.63, 3.8) is 0 Å². The van der Waals surface area contributed by atoms with Gasteiger partial charge in [-0.25, -0.2) is 9.78 Å². The van der Waals surface area contributed by atoms with Crippen molar-refractivity contribution >= 4 is 11.9 Å². The summed E-state index contributed by atoms with van der Waals surface area (Å²) in [6.07, 6.45) is 3.62. The average Bonchev–Trinajstić information content (AvgIpc) is 2.33. The number of carbonyl (C=O) groups excluding carboxylic acids is 2. The summed E-state index contributed by atoms with van der Waals surface area (Å²) < 4.78 is 4.95. The monoisotopic (exact) mass is 307 g/mol. The van der Waals surface area contributed by atoms with Crippen LogP contribution < -0.4 is 5.32 Å². The molecule has 6 heteroatoms. The number of ether oxygens (including phenoxy) is 1. The Morgan fingerprint density at radius 2 is 1.77 bits per heavy atom. The molecule has 1 aromatic rings. The topological polar surface area (TPSA) is 81.2 Å². The highest BCUT2D eigenvalue weighted by molar-refractivity contribution is 5.89. The largest absolute Gasteiger partial charge is 0.451 e. The number of hydrogen-bond acceptors (Lipinski definition) is 5. The van der Waals surface area contributed by atoms with E-state index < -0.39 is 5.97 Å². The van der Waals surface area contributed by atoms with Gasteiger partial charge >= 0.3 is 5.97 Å². The Balaban J connectivity index is 2.49. The average molecular weight is 307 g/mol. The van der Waals surface area contributed by atoms with Gasteiger partial charge in [-0.1, -0.05) is 20.8 Å². The minimum Gasteiger partial charge on any atom is -0.451 e. The number of aromatic nitrogens is 2. The van der Waals surface area contributed by atoms with Crippen molar-refractivity contribution in [3.8, 4) is 0 Å². The van der Waals surface area contributed by atoms with E-state index in [0.717, 1.165) is 6.42 Å². The highest BCUT2D eigenvalue weighted by Gasteiger charge is 2.27. The van der Waals surface area contributed by atoms with Crippen molar-refractivity contribution in [1.29, 1.82) is 0 Å². The summed E-state index contributed by atoms with van der Waals surface area (Å²) in [5.41, 5.74) is 0.515. The van der Waals surface area contributed by atoms with Crippen LogP contribution in [0.1, 0.15) is 57.2 Å². The predicted octanol–water partition coefficient (Wildman–Crippen LogP) is 2.27. The number of hydrogen-bond donors (Lipinski definition) is 1. The molecule has 0 spiro atoms. The summed E-state index contributed by atoms with van der Waals surface area (Å²) >= 11 is 0. The van der Waals surface area contributed by atoms with E-state index in [4.69, 9.17) is 4.74 Å². The highest BCUT2D eigenvalue weighted by atomic mass is 16.5. The maximum Gasteiger partial charge on any atom is 0.359 e. The molecule has 6 nitrogen and oxygen atoms in total. The molecule has 1 amide bonds. The number of amides is 1. The van der Waals surface area contributed by atoms with Crippen LogP contribution in [-0.4, -0.2) is 34.0 Å². The minimum atomic E-state index is -0.656. The van der Waals surface area contributed by atoms with Gasteiger partial charge in [0.05, 0.1) is 11.9 Å². The van der Waals surface area contributed by atoms with E-state index in [2.05, 4.69) is 36.1 Å². The zero-order chi connectivity index (χ0) is 17.0. The fraction of sp³-hybridized carbons (Fsp3) is 0.625. The maximum atomic E-state index is 11.9. The molecule has 1 aromatic heterocycles. The van der Waals surface area contributed by atoms with Crippen molar-refractivity contribution in [3.05, 3.63) is 23.8 Å². The van der Waals surface area contributed by atoms with Gasteiger partial charge in [0.1, 0.15) is 0 Å². The second kappa shape index (κ2) is 6.85. The molecule has 0 aliphatic rings. The number of rotatable bonds is 5. The van der Waals surface area contributed by atoms with Gasteiger partial charge in [-0.15, -0.1) is 0 Å². The van der Waals surface area contributed by atoms with Crippen LogP contribution in [0, 0.1) is 12.3 Å². The lowest BCUT2D eigenvalue weighted by atomic mass is 9.82. The zero-order valence-electron chi connectivity index (χ0n) is 14.2. The van der Waals surface area contributed by atoms with Crippen LogP contribution in [0.2, 0.25) is 0 Å². The van der Waals surface area contributed by atoms with Crippen molar-refractivity contribution < 1.29 is 14.3 Å². The van der Waals surface area contributed by atoms with E-state index in [9.17, 15) is 9.59 Å². The summed E-state index contributed by atoms with van der Waals surface area (Å²) in [6.45, 7) is 11.7. The van der Waals surface area contributed by atoms with Crippen molar-refractivity contribution in [1.82, 2.24) is 15.3 Å². The molecule has 0 aromatic carbocycles. The number of carbonyl (C=O) groups is 2. The third kappa shape index (κ3) is 6.65. The first kappa shape index (κ1) is 18.1. The first-order valence-corrected chi connectivity index (χ1v) is 7.25. The number of nitrogens with zero attached hydrogens (tertiary/aromatic N) is 2. The van der Waals surface area contributed by atoms with Gasteiger partial charge in [-0.3, -0.25) is 9.78 Å². The molecule has 0 bridgehead atoms. The third-order valence-electron chi connectivity index (χ3n) is 2.77. The van der Waals surface area contributed by atoms with Gasteiger partial charge in [-0.2, -0.15) is 0 Å². The van der Waals surface area contributed by atoms with Gasteiger partial charge in [0.15, 0.2) is 12.3 Å². The Kier molecular flexibility index (Phi) is 5.63. The smallest absolute Gasteiger partial charge is 0.359 e. The molecule has 0 unspecified atom stereocenters. The SMILES string of the molecule is Cc1cnc(C(=O)OCC(=O)NC(C)(C)CC(C)(C)C)cn1. The molecule has 0 aliphatic carbocycles. The van der Waals surface area contributed by atoms with Gasteiger partial charge < -0.3 is 10.1 Å². The Hall–Kier alpha value is -1.98. The molecule has 1 rings (SSSR count). The van der Waals surface area contributed by atoms with E-state index in [-0.39, 0.29) is 29.2 Å². The predicted molar refractivity (Wildman–Crippen MR) is 83.3 cm³/mol. The minimum absolute atomic E-state index is 0.0882. The lowest BCUT2D eigenvalue weighted by Crippen LogP contribution is -2.47. The summed E-state index contributed by atoms with van der Waals surface area (Å²) in [5.74, 6) is -0.987. The van der Waals surface area contributed by atoms with Gasteiger partial charge in [-0.05, 0) is 32.6 Å². The Morgan fingerprint density at radius 3 is 2.27 bits per heavy atom. The summed E-state index contributed by atoms with van der Waals surface area (Å²) in [5, 5.41) is 2.88. The van der Waals surface area contributed by atoms with Crippen LogP contribution >= 0.6 is 0 Å². The molecule has 0 saturated carbocycles. The molecule has 1 N–H and O–H groups in total. The summed E-state index contributed by atoms with van der Waals surface area (Å²) in [6, 6.07) is 0. The highest BCUT2D eigenvalue weighted by Crippen LogP contribution is 2.26. The van der Waals surface area contributed by atoms with E-state index >= 15 is 0 Å². The van der Waals surface area contributed by atoms with Crippen LogP contribution in [-0.2, 0) is 9.53 Å². The molecule has 0 saturated heterocycles. The van der Waals surface area contributed by atoms with E-state index in [1.54, 1.807) is 6.92 Å². The van der Waals surface area contributed by atoms with E-state index in [1.807, 2.05) is 13.8 Å². The quantitative estimate of drug-likeness (QED) is 0.844. The third-order valence-corrected chi connectivity index (χ3v) is 2.77. The molecule has 122 valence electrons. The van der Waals surface area contributed by atoms with Crippen molar-refractivity contribution in [2.45, 2.75) is 53.5 Å².